The summed E-state index contributed by atoms with van der Waals surface area (Å²) in [6.45, 7) is 2.99. The second-order valence-electron chi connectivity index (χ2n) is 5.06. The fourth-order valence-electron chi connectivity index (χ4n) is 1.82. The van der Waals surface area contributed by atoms with Crippen LogP contribution >= 0.6 is 7.67 Å². The molecule has 0 saturated heterocycles. The number of carbonyl (C=O) groups is 2. The molecule has 8 nitrogen and oxygen atoms in total. The van der Waals surface area contributed by atoms with E-state index in [2.05, 4.69) is 19.6 Å². The van der Waals surface area contributed by atoms with Crippen molar-refractivity contribution in [1.82, 2.24) is 10.2 Å². The summed E-state index contributed by atoms with van der Waals surface area (Å²) >= 11 is 0. The molecule has 0 saturated carbocycles. The number of hydrogen-bond acceptors (Lipinski definition) is 6. The highest BCUT2D eigenvalue weighted by atomic mass is 31.2. The summed E-state index contributed by atoms with van der Waals surface area (Å²) in [6, 6.07) is 7.30. The van der Waals surface area contributed by atoms with Gasteiger partial charge in [-0.2, -0.15) is 0 Å². The van der Waals surface area contributed by atoms with Crippen LogP contribution in [0.5, 0.6) is 0 Å². The maximum Gasteiger partial charge on any atom is 0.342 e. The van der Waals surface area contributed by atoms with Crippen LogP contribution in [-0.4, -0.2) is 38.2 Å². The minimum atomic E-state index is -3.73. The van der Waals surface area contributed by atoms with Crippen LogP contribution in [0.25, 0.3) is 0 Å². The van der Waals surface area contributed by atoms with Crippen LogP contribution in [0.3, 0.4) is 0 Å². The van der Waals surface area contributed by atoms with Gasteiger partial charge in [0.25, 0.3) is 0 Å². The van der Waals surface area contributed by atoms with Gasteiger partial charge < -0.3 is 14.0 Å². The molecule has 0 amide bonds. The van der Waals surface area contributed by atoms with Gasteiger partial charge in [-0.15, -0.1) is 0 Å². The van der Waals surface area contributed by atoms with E-state index in [-0.39, 0.29) is 6.61 Å². The largest absolute Gasteiger partial charge is 0.468 e. The van der Waals surface area contributed by atoms with Gasteiger partial charge in [0.05, 0.1) is 20.8 Å². The Morgan fingerprint density at radius 2 is 1.46 bits per heavy atom. The van der Waals surface area contributed by atoms with Crippen LogP contribution in [0.15, 0.2) is 30.3 Å². The first kappa shape index (κ1) is 20.3. The van der Waals surface area contributed by atoms with Crippen molar-refractivity contribution in [3.8, 4) is 0 Å². The van der Waals surface area contributed by atoms with Crippen LogP contribution in [0.4, 0.5) is 0 Å². The molecule has 9 heteroatoms. The third-order valence-electron chi connectivity index (χ3n) is 3.09. The Morgan fingerprint density at radius 3 is 1.88 bits per heavy atom. The summed E-state index contributed by atoms with van der Waals surface area (Å²) in [5, 5.41) is 5.13. The minimum Gasteiger partial charge on any atom is -0.468 e. The molecule has 0 fully saturated rings. The Labute approximate surface area is 141 Å². The van der Waals surface area contributed by atoms with Crippen molar-refractivity contribution < 1.29 is 28.2 Å². The van der Waals surface area contributed by atoms with E-state index >= 15 is 0 Å². The number of benzene rings is 1. The quantitative estimate of drug-likeness (QED) is 0.507. The molecule has 1 rings (SSSR count). The molecule has 0 heterocycles. The van der Waals surface area contributed by atoms with Gasteiger partial charge >= 0.3 is 19.6 Å². The zero-order valence-electron chi connectivity index (χ0n) is 14.1. The van der Waals surface area contributed by atoms with E-state index in [1.165, 1.54) is 28.1 Å². The zero-order valence-corrected chi connectivity index (χ0v) is 15.0. The van der Waals surface area contributed by atoms with E-state index in [1.807, 2.05) is 18.2 Å². The van der Waals surface area contributed by atoms with Gasteiger partial charge in [-0.25, -0.2) is 10.2 Å². The number of esters is 2. The van der Waals surface area contributed by atoms with E-state index in [9.17, 15) is 14.2 Å². The van der Waals surface area contributed by atoms with Crippen LogP contribution in [0, 0.1) is 0 Å². The summed E-state index contributed by atoms with van der Waals surface area (Å²) in [6.07, 6.45) is 0. The highest BCUT2D eigenvalue weighted by molar-refractivity contribution is 7.54. The summed E-state index contributed by atoms with van der Waals surface area (Å²) in [7, 11) is -1.29. The molecule has 2 N–H and O–H groups in total. The topological polar surface area (TPSA) is 103 Å². The first-order valence-electron chi connectivity index (χ1n) is 7.31. The lowest BCUT2D eigenvalue weighted by Gasteiger charge is -2.25. The molecule has 0 aliphatic heterocycles. The Kier molecular flexibility index (Phi) is 8.07. The first-order chi connectivity index (χ1) is 11.3. The number of hydrogen-bond donors (Lipinski definition) is 2. The fraction of sp³-hybridized carbons (Fsp3) is 0.467. The van der Waals surface area contributed by atoms with Crippen LogP contribution < -0.4 is 10.2 Å². The van der Waals surface area contributed by atoms with Gasteiger partial charge in [-0.05, 0) is 19.4 Å². The second-order valence-corrected chi connectivity index (χ2v) is 6.94. The molecule has 134 valence electrons. The Morgan fingerprint density at radius 1 is 1.00 bits per heavy atom. The van der Waals surface area contributed by atoms with Gasteiger partial charge in [-0.3, -0.25) is 14.2 Å². The van der Waals surface area contributed by atoms with Crippen LogP contribution in [0.2, 0.25) is 0 Å². The molecule has 0 aromatic heterocycles. The van der Waals surface area contributed by atoms with E-state index in [1.54, 1.807) is 12.1 Å². The van der Waals surface area contributed by atoms with E-state index < -0.39 is 31.7 Å². The molecule has 0 unspecified atom stereocenters. The van der Waals surface area contributed by atoms with Gasteiger partial charge in [0.1, 0.15) is 12.1 Å². The molecule has 0 bridgehead atoms. The molecule has 0 aliphatic rings. The number of ether oxygens (including phenoxy) is 2. The maximum atomic E-state index is 13.0. The third-order valence-corrected chi connectivity index (χ3v) is 5.04. The lowest BCUT2D eigenvalue weighted by atomic mass is 10.2. The predicted molar refractivity (Wildman–Crippen MR) is 88.1 cm³/mol. The van der Waals surface area contributed by atoms with Gasteiger partial charge in [0.15, 0.2) is 0 Å². The zero-order chi connectivity index (χ0) is 18.2. The number of carbonyl (C=O) groups excluding carboxylic acids is 2. The van der Waals surface area contributed by atoms with Crippen molar-refractivity contribution in [3.05, 3.63) is 35.9 Å². The summed E-state index contributed by atoms with van der Waals surface area (Å²) in [5.41, 5.74) is 0.790. The molecule has 24 heavy (non-hydrogen) atoms. The lowest BCUT2D eigenvalue weighted by molar-refractivity contribution is -0.142. The Hall–Kier alpha value is -1.73. The summed E-state index contributed by atoms with van der Waals surface area (Å²) < 4.78 is 27.6. The van der Waals surface area contributed by atoms with Gasteiger partial charge in [-0.1, -0.05) is 30.3 Å². The van der Waals surface area contributed by atoms with Gasteiger partial charge in [0, 0.05) is 0 Å². The molecule has 0 radical (unpaired) electrons. The molecule has 2 atom stereocenters. The molecule has 0 spiro atoms. The van der Waals surface area contributed by atoms with Crippen molar-refractivity contribution in [3.63, 3.8) is 0 Å². The third kappa shape index (κ3) is 6.41. The van der Waals surface area contributed by atoms with Crippen molar-refractivity contribution in [2.45, 2.75) is 32.5 Å². The van der Waals surface area contributed by atoms with Gasteiger partial charge in [0.2, 0.25) is 0 Å². The molecular formula is C15H23N2O6P. The predicted octanol–water partition coefficient (Wildman–Crippen LogP) is 1.61. The van der Waals surface area contributed by atoms with Crippen molar-refractivity contribution >= 4 is 19.6 Å². The monoisotopic (exact) mass is 358 g/mol. The molecular weight excluding hydrogens is 335 g/mol. The maximum absolute atomic E-state index is 13.0. The SMILES string of the molecule is COC(=O)[C@H](C)NP(=O)(N[C@@H](C)C(=O)OC)OCc1ccccc1. The van der Waals surface area contributed by atoms with E-state index in [0.717, 1.165) is 5.56 Å². The van der Waals surface area contributed by atoms with Crippen molar-refractivity contribution in [1.29, 1.82) is 0 Å². The smallest absolute Gasteiger partial charge is 0.342 e. The minimum absolute atomic E-state index is 0.0277. The second kappa shape index (κ2) is 9.54. The van der Waals surface area contributed by atoms with Crippen molar-refractivity contribution in [2.75, 3.05) is 14.2 Å². The first-order valence-corrected chi connectivity index (χ1v) is 8.93. The van der Waals surface area contributed by atoms with Crippen LogP contribution in [-0.2, 0) is 34.8 Å². The van der Waals surface area contributed by atoms with E-state index in [0.29, 0.717) is 0 Å². The average molecular weight is 358 g/mol. The summed E-state index contributed by atoms with van der Waals surface area (Å²) in [5.74, 6) is -1.21. The molecule has 0 aliphatic carbocycles. The van der Waals surface area contributed by atoms with E-state index in [4.69, 9.17) is 4.52 Å². The highest BCUT2D eigenvalue weighted by Crippen LogP contribution is 2.40. The molecule has 1 aromatic rings. The normalized spacial score (nSPS) is 13.8. The average Bonchev–Trinajstić information content (AvgIpc) is 2.59. The standard InChI is InChI=1S/C15H23N2O6P/c1-11(14(18)21-3)16-24(20,17-12(2)15(19)22-4)23-10-13-8-6-5-7-9-13/h5-9,11-12H,10H2,1-4H3,(H2,16,17,20)/t11-,12-/m0/s1. The number of rotatable bonds is 9. The number of nitrogens with one attached hydrogen (secondary N) is 2. The Bertz CT molecular complexity index is 567. The summed E-state index contributed by atoms with van der Waals surface area (Å²) in [4.78, 5) is 23.1. The fourth-order valence-corrected chi connectivity index (χ4v) is 3.61. The Balaban J connectivity index is 2.86. The lowest BCUT2D eigenvalue weighted by Crippen LogP contribution is -2.41. The van der Waals surface area contributed by atoms with Crippen LogP contribution in [0.1, 0.15) is 19.4 Å². The highest BCUT2D eigenvalue weighted by Gasteiger charge is 2.32. The molecule has 1 aromatic carbocycles. The number of methoxy groups -OCH3 is 2. The van der Waals surface area contributed by atoms with Crippen molar-refractivity contribution in [2.24, 2.45) is 0 Å².